The Balaban J connectivity index is 1.58. The molecule has 0 aromatic carbocycles. The molecule has 0 saturated carbocycles. The van der Waals surface area contributed by atoms with Crippen LogP contribution in [-0.4, -0.2) is 52.4 Å². The number of morpholine rings is 1. The first-order chi connectivity index (χ1) is 11.6. The number of H-pyrrole nitrogens is 1. The third-order valence-electron chi connectivity index (χ3n) is 4.14. The number of nitrogens with zero attached hydrogens (tertiary/aromatic N) is 4. The number of rotatable bonds is 5. The highest BCUT2D eigenvalue weighted by molar-refractivity contribution is 5.90. The fourth-order valence-corrected chi connectivity index (χ4v) is 2.77. The standard InChI is InChI=1S/C16H22N6O2/c1-11-13(12(2)21-20-11)3-4-16(23)19-14-9-15(18-10-17-14)22-5-7-24-8-6-22/h9-10H,3-8H2,1-2H3,(H,20,21)(H,17,18,19,23). The second-order valence-electron chi connectivity index (χ2n) is 5.82. The Morgan fingerprint density at radius 3 is 2.83 bits per heavy atom. The number of aromatic nitrogens is 4. The van der Waals surface area contributed by atoms with Crippen molar-refractivity contribution in [3.05, 3.63) is 29.3 Å². The van der Waals surface area contributed by atoms with Crippen molar-refractivity contribution < 1.29 is 9.53 Å². The van der Waals surface area contributed by atoms with E-state index in [0.29, 0.717) is 31.9 Å². The molecular weight excluding hydrogens is 308 g/mol. The number of ether oxygens (including phenoxy) is 1. The van der Waals surface area contributed by atoms with E-state index in [2.05, 4.69) is 30.4 Å². The summed E-state index contributed by atoms with van der Waals surface area (Å²) in [4.78, 5) is 22.7. The van der Waals surface area contributed by atoms with Crippen molar-refractivity contribution in [2.75, 3.05) is 36.5 Å². The number of amides is 1. The second kappa shape index (κ2) is 7.39. The number of nitrogens with one attached hydrogen (secondary N) is 2. The molecule has 1 fully saturated rings. The summed E-state index contributed by atoms with van der Waals surface area (Å²) in [5, 5.41) is 9.93. The molecule has 8 nitrogen and oxygen atoms in total. The van der Waals surface area contributed by atoms with Crippen molar-refractivity contribution in [2.45, 2.75) is 26.7 Å². The average molecular weight is 330 g/mol. The maximum absolute atomic E-state index is 12.2. The smallest absolute Gasteiger partial charge is 0.225 e. The molecule has 2 aromatic rings. The number of hydrogen-bond acceptors (Lipinski definition) is 6. The van der Waals surface area contributed by atoms with E-state index in [1.165, 1.54) is 6.33 Å². The van der Waals surface area contributed by atoms with Gasteiger partial charge in [0.15, 0.2) is 0 Å². The van der Waals surface area contributed by atoms with E-state index in [1.54, 1.807) is 6.07 Å². The van der Waals surface area contributed by atoms with Crippen molar-refractivity contribution in [3.8, 4) is 0 Å². The van der Waals surface area contributed by atoms with E-state index in [4.69, 9.17) is 4.74 Å². The SMILES string of the molecule is Cc1n[nH]c(C)c1CCC(=O)Nc1cc(N2CCOCC2)ncn1. The molecule has 24 heavy (non-hydrogen) atoms. The van der Waals surface area contributed by atoms with Gasteiger partial charge < -0.3 is 15.0 Å². The molecule has 3 rings (SSSR count). The monoisotopic (exact) mass is 330 g/mol. The minimum atomic E-state index is -0.0679. The zero-order valence-corrected chi connectivity index (χ0v) is 14.0. The predicted octanol–water partition coefficient (Wildman–Crippen LogP) is 1.22. The third kappa shape index (κ3) is 3.88. The van der Waals surface area contributed by atoms with Crippen molar-refractivity contribution in [1.82, 2.24) is 20.2 Å². The van der Waals surface area contributed by atoms with Crippen LogP contribution in [0.15, 0.2) is 12.4 Å². The van der Waals surface area contributed by atoms with Gasteiger partial charge in [-0.15, -0.1) is 0 Å². The van der Waals surface area contributed by atoms with Gasteiger partial charge >= 0.3 is 0 Å². The number of aromatic amines is 1. The van der Waals surface area contributed by atoms with Crippen LogP contribution in [0.3, 0.4) is 0 Å². The second-order valence-corrected chi connectivity index (χ2v) is 5.82. The fourth-order valence-electron chi connectivity index (χ4n) is 2.77. The zero-order valence-electron chi connectivity index (χ0n) is 14.0. The van der Waals surface area contributed by atoms with Gasteiger partial charge in [-0.2, -0.15) is 5.10 Å². The topological polar surface area (TPSA) is 96.0 Å². The number of hydrogen-bond donors (Lipinski definition) is 2. The number of aryl methyl sites for hydroxylation is 2. The first-order valence-corrected chi connectivity index (χ1v) is 8.08. The molecule has 2 aromatic heterocycles. The molecule has 0 bridgehead atoms. The van der Waals surface area contributed by atoms with Crippen LogP contribution >= 0.6 is 0 Å². The molecule has 0 spiro atoms. The number of carbonyl (C=O) groups is 1. The van der Waals surface area contributed by atoms with Crippen LogP contribution in [-0.2, 0) is 16.0 Å². The fraction of sp³-hybridized carbons (Fsp3) is 0.500. The molecule has 128 valence electrons. The van der Waals surface area contributed by atoms with E-state index in [9.17, 15) is 4.79 Å². The van der Waals surface area contributed by atoms with Gasteiger partial charge in [-0.25, -0.2) is 9.97 Å². The molecule has 8 heteroatoms. The van der Waals surface area contributed by atoms with Crippen molar-refractivity contribution in [2.24, 2.45) is 0 Å². The highest BCUT2D eigenvalue weighted by Gasteiger charge is 2.14. The van der Waals surface area contributed by atoms with Gasteiger partial charge in [-0.3, -0.25) is 9.89 Å². The van der Waals surface area contributed by atoms with Crippen LogP contribution in [0.2, 0.25) is 0 Å². The number of carbonyl (C=O) groups excluding carboxylic acids is 1. The van der Waals surface area contributed by atoms with E-state index < -0.39 is 0 Å². The summed E-state index contributed by atoms with van der Waals surface area (Å²) in [6, 6.07) is 1.80. The molecule has 1 amide bonds. The lowest BCUT2D eigenvalue weighted by molar-refractivity contribution is -0.116. The lowest BCUT2D eigenvalue weighted by Gasteiger charge is -2.27. The average Bonchev–Trinajstić information content (AvgIpc) is 2.92. The minimum absolute atomic E-state index is 0.0679. The summed E-state index contributed by atoms with van der Waals surface area (Å²) < 4.78 is 5.34. The quantitative estimate of drug-likeness (QED) is 0.856. The van der Waals surface area contributed by atoms with Gasteiger partial charge in [0.05, 0.1) is 18.9 Å². The van der Waals surface area contributed by atoms with E-state index in [-0.39, 0.29) is 5.91 Å². The summed E-state index contributed by atoms with van der Waals surface area (Å²) in [5.41, 5.74) is 3.05. The largest absolute Gasteiger partial charge is 0.378 e. The highest BCUT2D eigenvalue weighted by atomic mass is 16.5. The molecule has 2 N–H and O–H groups in total. The molecular formula is C16H22N6O2. The van der Waals surface area contributed by atoms with Crippen molar-refractivity contribution >= 4 is 17.5 Å². The maximum atomic E-state index is 12.2. The van der Waals surface area contributed by atoms with Crippen molar-refractivity contribution in [3.63, 3.8) is 0 Å². The predicted molar refractivity (Wildman–Crippen MR) is 90.1 cm³/mol. The molecule has 3 heterocycles. The van der Waals surface area contributed by atoms with Gasteiger partial charge in [0, 0.05) is 31.3 Å². The lowest BCUT2D eigenvalue weighted by Crippen LogP contribution is -2.36. The highest BCUT2D eigenvalue weighted by Crippen LogP contribution is 2.16. The third-order valence-corrected chi connectivity index (χ3v) is 4.14. The summed E-state index contributed by atoms with van der Waals surface area (Å²) in [5.74, 6) is 1.27. The Kier molecular flexibility index (Phi) is 5.05. The molecule has 0 unspecified atom stereocenters. The van der Waals surface area contributed by atoms with Crippen LogP contribution in [0.1, 0.15) is 23.4 Å². The summed E-state index contributed by atoms with van der Waals surface area (Å²) in [7, 11) is 0. The summed E-state index contributed by atoms with van der Waals surface area (Å²) in [6.45, 7) is 6.87. The Morgan fingerprint density at radius 2 is 2.12 bits per heavy atom. The Hall–Kier alpha value is -2.48. The molecule has 1 aliphatic rings. The Labute approximate surface area is 140 Å². The van der Waals surface area contributed by atoms with Crippen LogP contribution in [0.25, 0.3) is 0 Å². The van der Waals surface area contributed by atoms with E-state index in [1.807, 2.05) is 13.8 Å². The van der Waals surface area contributed by atoms with Gasteiger partial charge in [-0.05, 0) is 25.8 Å². The van der Waals surface area contributed by atoms with Crippen LogP contribution in [0.4, 0.5) is 11.6 Å². The lowest BCUT2D eigenvalue weighted by atomic mass is 10.1. The van der Waals surface area contributed by atoms with E-state index in [0.717, 1.165) is 35.9 Å². The molecule has 0 atom stereocenters. The Morgan fingerprint density at radius 1 is 1.33 bits per heavy atom. The maximum Gasteiger partial charge on any atom is 0.225 e. The minimum Gasteiger partial charge on any atom is -0.378 e. The first-order valence-electron chi connectivity index (χ1n) is 8.08. The van der Waals surface area contributed by atoms with Crippen molar-refractivity contribution in [1.29, 1.82) is 0 Å². The van der Waals surface area contributed by atoms with Gasteiger partial charge in [0.1, 0.15) is 18.0 Å². The van der Waals surface area contributed by atoms with Crippen LogP contribution < -0.4 is 10.2 Å². The Bertz CT molecular complexity index is 689. The zero-order chi connectivity index (χ0) is 16.9. The van der Waals surface area contributed by atoms with Crippen LogP contribution in [0.5, 0.6) is 0 Å². The molecule has 0 radical (unpaired) electrons. The van der Waals surface area contributed by atoms with Crippen LogP contribution in [0, 0.1) is 13.8 Å². The molecule has 0 aliphatic carbocycles. The van der Waals surface area contributed by atoms with Gasteiger partial charge in [0.2, 0.25) is 5.91 Å². The first kappa shape index (κ1) is 16.4. The van der Waals surface area contributed by atoms with Gasteiger partial charge in [-0.1, -0.05) is 0 Å². The van der Waals surface area contributed by atoms with Gasteiger partial charge in [0.25, 0.3) is 0 Å². The normalized spacial score (nSPS) is 14.7. The number of anilines is 2. The summed E-state index contributed by atoms with van der Waals surface area (Å²) >= 11 is 0. The van der Waals surface area contributed by atoms with E-state index >= 15 is 0 Å². The summed E-state index contributed by atoms with van der Waals surface area (Å²) in [6.07, 6.45) is 2.52. The molecule has 1 saturated heterocycles. The molecule has 1 aliphatic heterocycles.